The fraction of sp³-hybridized carbons (Fsp3) is 0.636. The number of rotatable bonds is 3. The van der Waals surface area contributed by atoms with Crippen LogP contribution in [-0.2, 0) is 0 Å². The highest BCUT2D eigenvalue weighted by Gasteiger charge is 1.86. The quantitative estimate of drug-likeness (QED) is 0.535. The molecule has 0 radical (unpaired) electrons. The summed E-state index contributed by atoms with van der Waals surface area (Å²) in [5.41, 5.74) is 0. The predicted octanol–water partition coefficient (Wildman–Crippen LogP) is 4.19. The zero-order valence-corrected chi connectivity index (χ0v) is 8.59. The van der Waals surface area contributed by atoms with Gasteiger partial charge in [-0.2, -0.15) is 0 Å². The molecule has 66 valence electrons. The molecule has 0 aromatic carbocycles. The fourth-order valence-electron chi connectivity index (χ4n) is 0.501. The Morgan fingerprint density at radius 3 is 2.09 bits per heavy atom. The summed E-state index contributed by atoms with van der Waals surface area (Å²) in [6, 6.07) is 0. The molecule has 1 unspecified atom stereocenters. The lowest BCUT2D eigenvalue weighted by atomic mass is 10.1. The molecule has 11 heavy (non-hydrogen) atoms. The monoisotopic (exact) mass is 154 g/mol. The van der Waals surface area contributed by atoms with Gasteiger partial charge in [0.25, 0.3) is 0 Å². The summed E-state index contributed by atoms with van der Waals surface area (Å²) in [4.78, 5) is 0. The van der Waals surface area contributed by atoms with Crippen molar-refractivity contribution >= 4 is 0 Å². The molecule has 0 N–H and O–H groups in total. The molecule has 0 bridgehead atoms. The average Bonchev–Trinajstić information content (AvgIpc) is 2.08. The highest BCUT2D eigenvalue weighted by atomic mass is 13.9. The third-order valence-corrected chi connectivity index (χ3v) is 1.39. The van der Waals surface area contributed by atoms with Crippen LogP contribution in [0.15, 0.2) is 24.3 Å². The first-order valence-electron chi connectivity index (χ1n) is 4.60. The minimum Gasteiger partial charge on any atom is -0.0877 e. The smallest absolute Gasteiger partial charge is 0.0261 e. The summed E-state index contributed by atoms with van der Waals surface area (Å²) in [6.45, 7) is 10.5. The molecule has 0 aliphatic carbocycles. The summed E-state index contributed by atoms with van der Waals surface area (Å²) >= 11 is 0. The molecule has 0 saturated carbocycles. The lowest BCUT2D eigenvalue weighted by molar-refractivity contribution is 0.698. The fourth-order valence-corrected chi connectivity index (χ4v) is 0.501. The van der Waals surface area contributed by atoms with Crippen molar-refractivity contribution in [2.24, 2.45) is 5.92 Å². The van der Waals surface area contributed by atoms with Gasteiger partial charge in [-0.25, -0.2) is 0 Å². The van der Waals surface area contributed by atoms with E-state index in [4.69, 9.17) is 0 Å². The summed E-state index contributed by atoms with van der Waals surface area (Å²) in [5, 5.41) is 0. The van der Waals surface area contributed by atoms with Gasteiger partial charge in [0.05, 0.1) is 0 Å². The second kappa shape index (κ2) is 12.2. The molecule has 0 aromatic heterocycles. The SMILES string of the molecule is C/C=C\C=C/C(C)CC.CC. The van der Waals surface area contributed by atoms with E-state index in [1.165, 1.54) is 6.42 Å². The molecular formula is C11H22. The van der Waals surface area contributed by atoms with Crippen LogP contribution in [0.2, 0.25) is 0 Å². The summed E-state index contributed by atoms with van der Waals surface area (Å²) in [5.74, 6) is 0.723. The Balaban J connectivity index is 0. The highest BCUT2D eigenvalue weighted by molar-refractivity contribution is 5.02. The maximum absolute atomic E-state index is 2.22. The average molecular weight is 154 g/mol. The van der Waals surface area contributed by atoms with E-state index >= 15 is 0 Å². The van der Waals surface area contributed by atoms with Crippen molar-refractivity contribution in [3.05, 3.63) is 24.3 Å². The van der Waals surface area contributed by atoms with Gasteiger partial charge in [-0.1, -0.05) is 58.4 Å². The Kier molecular flexibility index (Phi) is 14.5. The topological polar surface area (TPSA) is 0 Å². The number of hydrogen-bond donors (Lipinski definition) is 0. The van der Waals surface area contributed by atoms with E-state index in [2.05, 4.69) is 32.1 Å². The van der Waals surface area contributed by atoms with Gasteiger partial charge < -0.3 is 0 Å². The van der Waals surface area contributed by atoms with Gasteiger partial charge in [0.2, 0.25) is 0 Å². The summed E-state index contributed by atoms with van der Waals surface area (Å²) in [7, 11) is 0. The second-order valence-electron chi connectivity index (χ2n) is 2.30. The Morgan fingerprint density at radius 1 is 1.18 bits per heavy atom. The van der Waals surface area contributed by atoms with Gasteiger partial charge in [-0.15, -0.1) is 0 Å². The van der Waals surface area contributed by atoms with Crippen LogP contribution in [0.3, 0.4) is 0 Å². The number of allylic oxidation sites excluding steroid dienone is 4. The van der Waals surface area contributed by atoms with Crippen LogP contribution in [0.5, 0.6) is 0 Å². The van der Waals surface area contributed by atoms with E-state index in [-0.39, 0.29) is 0 Å². The molecule has 0 heterocycles. The van der Waals surface area contributed by atoms with Gasteiger partial charge >= 0.3 is 0 Å². The first-order valence-corrected chi connectivity index (χ1v) is 4.60. The van der Waals surface area contributed by atoms with Crippen molar-refractivity contribution < 1.29 is 0 Å². The normalized spacial score (nSPS) is 13.2. The van der Waals surface area contributed by atoms with Crippen LogP contribution in [0.1, 0.15) is 41.0 Å². The zero-order valence-electron chi connectivity index (χ0n) is 8.59. The van der Waals surface area contributed by atoms with E-state index in [1.54, 1.807) is 0 Å². The molecule has 0 fully saturated rings. The van der Waals surface area contributed by atoms with E-state index < -0.39 is 0 Å². The van der Waals surface area contributed by atoms with Gasteiger partial charge in [0.1, 0.15) is 0 Å². The predicted molar refractivity (Wildman–Crippen MR) is 54.8 cm³/mol. The molecule has 0 saturated heterocycles. The molecular weight excluding hydrogens is 132 g/mol. The Morgan fingerprint density at radius 2 is 1.73 bits per heavy atom. The van der Waals surface area contributed by atoms with Gasteiger partial charge in [-0.3, -0.25) is 0 Å². The molecule has 1 atom stereocenters. The van der Waals surface area contributed by atoms with Crippen LogP contribution in [0.4, 0.5) is 0 Å². The second-order valence-corrected chi connectivity index (χ2v) is 2.30. The van der Waals surface area contributed by atoms with Crippen molar-refractivity contribution in [3.63, 3.8) is 0 Å². The Hall–Kier alpha value is -0.520. The zero-order chi connectivity index (χ0) is 9.11. The third-order valence-electron chi connectivity index (χ3n) is 1.39. The molecule has 0 nitrogen and oxygen atoms in total. The third kappa shape index (κ3) is 12.6. The lowest BCUT2D eigenvalue weighted by Gasteiger charge is -1.96. The van der Waals surface area contributed by atoms with Crippen molar-refractivity contribution in [2.45, 2.75) is 41.0 Å². The minimum absolute atomic E-state index is 0.723. The van der Waals surface area contributed by atoms with Gasteiger partial charge in [-0.05, 0) is 12.8 Å². The van der Waals surface area contributed by atoms with E-state index in [9.17, 15) is 0 Å². The van der Waals surface area contributed by atoms with Crippen LogP contribution in [0, 0.1) is 5.92 Å². The van der Waals surface area contributed by atoms with Crippen LogP contribution in [0.25, 0.3) is 0 Å². The molecule has 0 rings (SSSR count). The molecule has 0 heteroatoms. The molecule has 0 aliphatic heterocycles. The molecule has 0 aromatic rings. The largest absolute Gasteiger partial charge is 0.0877 e. The van der Waals surface area contributed by atoms with Crippen LogP contribution < -0.4 is 0 Å². The summed E-state index contributed by atoms with van der Waals surface area (Å²) < 4.78 is 0. The molecule has 0 spiro atoms. The van der Waals surface area contributed by atoms with E-state index in [0.29, 0.717) is 0 Å². The van der Waals surface area contributed by atoms with Crippen molar-refractivity contribution in [1.82, 2.24) is 0 Å². The van der Waals surface area contributed by atoms with Crippen molar-refractivity contribution in [2.75, 3.05) is 0 Å². The van der Waals surface area contributed by atoms with E-state index in [0.717, 1.165) is 5.92 Å². The Bertz CT molecular complexity index is 98.6. The standard InChI is InChI=1S/C9H16.C2H6/c1-4-6-7-8-9(3)5-2;1-2/h4,6-9H,5H2,1-3H3;1-2H3/b6-4-,8-7-;. The van der Waals surface area contributed by atoms with Crippen molar-refractivity contribution in [3.8, 4) is 0 Å². The minimum atomic E-state index is 0.723. The Labute approximate surface area is 72.0 Å². The maximum atomic E-state index is 2.22. The van der Waals surface area contributed by atoms with Crippen LogP contribution in [-0.4, -0.2) is 0 Å². The summed E-state index contributed by atoms with van der Waals surface area (Å²) in [6.07, 6.45) is 9.66. The lowest BCUT2D eigenvalue weighted by Crippen LogP contribution is -1.82. The first-order chi connectivity index (χ1) is 5.31. The van der Waals surface area contributed by atoms with Gasteiger partial charge in [0.15, 0.2) is 0 Å². The van der Waals surface area contributed by atoms with Crippen molar-refractivity contribution in [1.29, 1.82) is 0 Å². The maximum Gasteiger partial charge on any atom is -0.0261 e. The first kappa shape index (κ1) is 13.1. The number of hydrogen-bond acceptors (Lipinski definition) is 0. The van der Waals surface area contributed by atoms with Crippen LogP contribution >= 0.6 is 0 Å². The highest BCUT2D eigenvalue weighted by Crippen LogP contribution is 2.01. The molecule has 0 aliphatic rings. The van der Waals surface area contributed by atoms with E-state index in [1.807, 2.05) is 26.8 Å². The van der Waals surface area contributed by atoms with Gasteiger partial charge in [0, 0.05) is 0 Å². The molecule has 0 amide bonds.